The number of fused-ring (bicyclic) bond motifs is 7. The van der Waals surface area contributed by atoms with E-state index < -0.39 is 0 Å². The minimum Gasteiger partial charge on any atom is -0.469 e. The first-order valence-corrected chi connectivity index (χ1v) is 16.8. The highest BCUT2D eigenvalue weighted by Crippen LogP contribution is 2.58. The van der Waals surface area contributed by atoms with Crippen molar-refractivity contribution in [1.82, 2.24) is 15.0 Å². The van der Waals surface area contributed by atoms with Gasteiger partial charge in [-0.3, -0.25) is 14.6 Å². The quantitative estimate of drug-likeness (QED) is 0.233. The van der Waals surface area contributed by atoms with Gasteiger partial charge in [0, 0.05) is 22.1 Å². The Labute approximate surface area is 275 Å². The number of ether oxygens (including phenoxy) is 4. The van der Waals surface area contributed by atoms with Crippen LogP contribution in [0.5, 0.6) is 11.5 Å². The van der Waals surface area contributed by atoms with Crippen molar-refractivity contribution < 1.29 is 33.3 Å². The summed E-state index contributed by atoms with van der Waals surface area (Å²) >= 11 is 0. The number of nitrogens with one attached hydrogen (secondary N) is 1. The van der Waals surface area contributed by atoms with E-state index in [0.29, 0.717) is 0 Å². The minimum atomic E-state index is -0.315. The number of imidazole rings is 1. The molecule has 248 valence electrons. The van der Waals surface area contributed by atoms with Crippen LogP contribution in [0.15, 0.2) is 36.4 Å². The molecule has 0 unspecified atom stereocenters. The van der Waals surface area contributed by atoms with Crippen LogP contribution in [0.1, 0.15) is 88.6 Å². The molecule has 0 saturated heterocycles. The molecule has 3 aromatic rings. The summed E-state index contributed by atoms with van der Waals surface area (Å²) < 4.78 is 21.1. The number of rotatable bonds is 6. The zero-order chi connectivity index (χ0) is 32.9. The Morgan fingerprint density at radius 2 is 1.38 bits per heavy atom. The molecular weight excluding hydrogens is 598 g/mol. The number of carbonyl (C=O) groups excluding carboxylic acids is 3. The molecule has 1 N–H and O–H groups in total. The Kier molecular flexibility index (Phi) is 7.88. The molecule has 0 spiro atoms. The molecule has 3 heterocycles. The van der Waals surface area contributed by atoms with Crippen molar-refractivity contribution in [2.75, 3.05) is 21.0 Å². The molecule has 0 atom stereocenters. The zero-order valence-electron chi connectivity index (χ0n) is 27.5. The van der Waals surface area contributed by atoms with Gasteiger partial charge in [0.15, 0.2) is 11.5 Å². The van der Waals surface area contributed by atoms with E-state index in [1.807, 2.05) is 43.3 Å². The standard InChI is InChI=1S/C26H27N3O4.C11H16O3/c1-16-4-3-5-18(27-16)22-21(17-6-7-19-20(14-17)33-15-32-19)28-23(29-22)25-8-11-26(12-9-25,13-10-25)24(30)31-2;1-14-9(13)11-5-2-10(8-12,3-6-11)4-7-11/h3-7,14H,8-13,15H2,1-2H3,(H,28,29);8H,2-7H2,1H3. The number of benzene rings is 1. The third kappa shape index (κ3) is 5.29. The molecule has 10 rings (SSSR count). The monoisotopic (exact) mass is 641 g/mol. The summed E-state index contributed by atoms with van der Waals surface area (Å²) in [5, 5.41) is 0. The number of hydrogen-bond donors (Lipinski definition) is 1. The van der Waals surface area contributed by atoms with Crippen molar-refractivity contribution in [3.05, 3.63) is 47.9 Å². The summed E-state index contributed by atoms with van der Waals surface area (Å²) in [6, 6.07) is 12.0. The number of aryl methyl sites for hydroxylation is 1. The first-order valence-electron chi connectivity index (χ1n) is 16.8. The fourth-order valence-electron chi connectivity index (χ4n) is 8.72. The van der Waals surface area contributed by atoms with Crippen LogP contribution in [0.25, 0.3) is 22.6 Å². The van der Waals surface area contributed by atoms with Gasteiger partial charge in [0.2, 0.25) is 6.79 Å². The maximum Gasteiger partial charge on any atom is 0.311 e. The van der Waals surface area contributed by atoms with Gasteiger partial charge in [-0.05, 0) is 114 Å². The minimum absolute atomic E-state index is 0.0526. The molecule has 6 saturated carbocycles. The molecule has 6 fully saturated rings. The van der Waals surface area contributed by atoms with Crippen molar-refractivity contribution in [3.63, 3.8) is 0 Å². The number of H-pyrrole nitrogens is 1. The van der Waals surface area contributed by atoms with E-state index in [-0.39, 0.29) is 40.4 Å². The average molecular weight is 642 g/mol. The molecule has 1 aromatic carbocycles. The van der Waals surface area contributed by atoms with Crippen molar-refractivity contribution in [3.8, 4) is 34.1 Å². The summed E-state index contributed by atoms with van der Waals surface area (Å²) in [7, 11) is 2.95. The molecule has 6 aliphatic carbocycles. The lowest BCUT2D eigenvalue weighted by Crippen LogP contribution is -2.48. The Morgan fingerprint density at radius 1 is 0.787 bits per heavy atom. The highest BCUT2D eigenvalue weighted by molar-refractivity contribution is 5.80. The molecule has 0 amide bonds. The molecule has 0 radical (unpaired) electrons. The van der Waals surface area contributed by atoms with Gasteiger partial charge in [-0.1, -0.05) is 6.07 Å². The number of pyridine rings is 1. The second-order valence-electron chi connectivity index (χ2n) is 14.3. The Bertz CT molecular complexity index is 1660. The number of aromatic amines is 1. The van der Waals surface area contributed by atoms with Crippen LogP contribution < -0.4 is 9.47 Å². The van der Waals surface area contributed by atoms with Crippen LogP contribution in [0, 0.1) is 23.2 Å². The van der Waals surface area contributed by atoms with Crippen LogP contribution in [0.2, 0.25) is 0 Å². The molecule has 47 heavy (non-hydrogen) atoms. The van der Waals surface area contributed by atoms with Crippen LogP contribution in [0.4, 0.5) is 0 Å². The first-order chi connectivity index (χ1) is 22.7. The van der Waals surface area contributed by atoms with Crippen LogP contribution >= 0.6 is 0 Å². The Balaban J connectivity index is 0.000000210. The van der Waals surface area contributed by atoms with Crippen LogP contribution in [-0.4, -0.2) is 54.2 Å². The number of aromatic nitrogens is 3. The predicted octanol–water partition coefficient (Wildman–Crippen LogP) is 6.64. The molecule has 10 nitrogen and oxygen atoms in total. The number of nitrogens with zero attached hydrogens (tertiary/aromatic N) is 2. The zero-order valence-corrected chi connectivity index (χ0v) is 27.5. The number of hydrogen-bond acceptors (Lipinski definition) is 9. The van der Waals surface area contributed by atoms with Gasteiger partial charge >= 0.3 is 11.9 Å². The lowest BCUT2D eigenvalue weighted by molar-refractivity contribution is -0.163. The van der Waals surface area contributed by atoms with Gasteiger partial charge in [0.25, 0.3) is 0 Å². The van der Waals surface area contributed by atoms with E-state index in [2.05, 4.69) is 4.98 Å². The van der Waals surface area contributed by atoms with Crippen molar-refractivity contribution in [1.29, 1.82) is 0 Å². The number of aldehydes is 1. The lowest BCUT2D eigenvalue weighted by Gasteiger charge is -2.50. The molecular formula is C37H43N3O7. The van der Waals surface area contributed by atoms with Crippen molar-refractivity contribution in [2.45, 2.75) is 89.4 Å². The van der Waals surface area contributed by atoms with Gasteiger partial charge < -0.3 is 28.7 Å². The summed E-state index contributed by atoms with van der Waals surface area (Å²) in [6.45, 7) is 2.23. The molecule has 10 heteroatoms. The van der Waals surface area contributed by atoms with Crippen molar-refractivity contribution in [2.24, 2.45) is 16.2 Å². The van der Waals surface area contributed by atoms with Gasteiger partial charge in [-0.15, -0.1) is 0 Å². The number of methoxy groups -OCH3 is 2. The van der Waals surface area contributed by atoms with E-state index in [1.54, 1.807) is 0 Å². The third-order valence-corrected chi connectivity index (χ3v) is 12.0. The van der Waals surface area contributed by atoms with E-state index in [1.165, 1.54) is 14.2 Å². The highest BCUT2D eigenvalue weighted by atomic mass is 16.7. The largest absolute Gasteiger partial charge is 0.469 e. The summed E-state index contributed by atoms with van der Waals surface area (Å²) in [5.74, 6) is 2.35. The molecule has 7 aliphatic rings. The average Bonchev–Trinajstić information content (AvgIpc) is 3.81. The normalized spacial score (nSPS) is 29.9. The van der Waals surface area contributed by atoms with Gasteiger partial charge in [-0.25, -0.2) is 4.98 Å². The van der Waals surface area contributed by atoms with E-state index in [0.717, 1.165) is 129 Å². The molecule has 1 aliphatic heterocycles. The summed E-state index contributed by atoms with van der Waals surface area (Å²) in [4.78, 5) is 48.7. The van der Waals surface area contributed by atoms with E-state index >= 15 is 0 Å². The number of esters is 2. The predicted molar refractivity (Wildman–Crippen MR) is 173 cm³/mol. The Hall–Kier alpha value is -4.21. The van der Waals surface area contributed by atoms with Crippen LogP contribution in [-0.2, 0) is 29.3 Å². The van der Waals surface area contributed by atoms with Gasteiger partial charge in [0.1, 0.15) is 12.1 Å². The molecule has 2 aromatic heterocycles. The first kappa shape index (κ1) is 31.4. The smallest absolute Gasteiger partial charge is 0.311 e. The highest BCUT2D eigenvalue weighted by Gasteiger charge is 2.55. The second kappa shape index (κ2) is 11.8. The summed E-state index contributed by atoms with van der Waals surface area (Å²) in [6.07, 6.45) is 11.5. The van der Waals surface area contributed by atoms with E-state index in [9.17, 15) is 14.4 Å². The maximum atomic E-state index is 12.5. The fourth-order valence-corrected chi connectivity index (χ4v) is 8.72. The van der Waals surface area contributed by atoms with E-state index in [4.69, 9.17) is 28.9 Å². The topological polar surface area (TPSA) is 130 Å². The Morgan fingerprint density at radius 3 is 1.96 bits per heavy atom. The van der Waals surface area contributed by atoms with Gasteiger partial charge in [-0.2, -0.15) is 0 Å². The molecule has 4 bridgehead atoms. The fraction of sp³-hybridized carbons (Fsp3) is 0.541. The van der Waals surface area contributed by atoms with Gasteiger partial charge in [0.05, 0.1) is 42.1 Å². The third-order valence-electron chi connectivity index (χ3n) is 12.0. The SMILES string of the molecule is COC(=O)C12CCC(C=O)(CC1)CC2.COC(=O)C12CCC(c3nc(-c4ccc5c(c4)OCO5)c(-c4cccc(C)n4)[nH]3)(CC1)CC2. The van der Waals surface area contributed by atoms with Crippen LogP contribution in [0.3, 0.4) is 0 Å². The summed E-state index contributed by atoms with van der Waals surface area (Å²) in [5.41, 5.74) is 3.85. The maximum absolute atomic E-state index is 12.5. The number of carbonyl (C=O) groups is 3. The second-order valence-corrected chi connectivity index (χ2v) is 14.3. The lowest BCUT2D eigenvalue weighted by atomic mass is 9.53. The van der Waals surface area contributed by atoms with Crippen molar-refractivity contribution >= 4 is 18.2 Å².